The monoisotopic (exact) mass is 479 g/mol. The van der Waals surface area contributed by atoms with Crippen molar-refractivity contribution in [2.75, 3.05) is 33.7 Å². The van der Waals surface area contributed by atoms with Crippen LogP contribution >= 0.6 is 0 Å². The van der Waals surface area contributed by atoms with Crippen molar-refractivity contribution >= 4 is 11.6 Å². The molecule has 1 aliphatic carbocycles. The number of nitrogens with zero attached hydrogens (tertiary/aromatic N) is 1. The Bertz CT molecular complexity index is 1390. The number of hydrogen-bond acceptors (Lipinski definition) is 4. The van der Waals surface area contributed by atoms with E-state index in [4.69, 9.17) is 0 Å². The summed E-state index contributed by atoms with van der Waals surface area (Å²) in [4.78, 5) is 18.5. The van der Waals surface area contributed by atoms with Gasteiger partial charge in [-0.05, 0) is 73.8 Å². The number of aliphatic hydroxyl groups is 1. The van der Waals surface area contributed by atoms with Gasteiger partial charge in [0.25, 0.3) is 5.56 Å². The topological polar surface area (TPSA) is 68.4 Å². The summed E-state index contributed by atoms with van der Waals surface area (Å²) in [5, 5.41) is 16.3. The fourth-order valence-electron chi connectivity index (χ4n) is 5.52. The van der Waals surface area contributed by atoms with Crippen LogP contribution in [0.1, 0.15) is 52.5 Å². The molecule has 5 heteroatoms. The van der Waals surface area contributed by atoms with Gasteiger partial charge in [0.05, 0.1) is 0 Å². The van der Waals surface area contributed by atoms with E-state index >= 15 is 0 Å². The summed E-state index contributed by atoms with van der Waals surface area (Å²) in [6, 6.07) is 19.9. The Labute approximate surface area is 212 Å². The van der Waals surface area contributed by atoms with Crippen LogP contribution in [0.3, 0.4) is 0 Å². The number of H-pyrrole nitrogens is 1. The number of pyridine rings is 1. The molecule has 1 fully saturated rings. The Morgan fingerprint density at radius 3 is 2.67 bits per heavy atom. The molecule has 0 bridgehead atoms. The molecule has 1 aromatic heterocycles. The minimum absolute atomic E-state index is 0.175. The number of aromatic amines is 1. The van der Waals surface area contributed by atoms with Gasteiger partial charge < -0.3 is 20.3 Å². The van der Waals surface area contributed by atoms with Crippen molar-refractivity contribution in [3.05, 3.63) is 116 Å². The first kappa shape index (κ1) is 24.3. The molecule has 3 aromatic rings. The first-order chi connectivity index (χ1) is 17.5. The van der Waals surface area contributed by atoms with E-state index in [2.05, 4.69) is 26.7 Å². The molecule has 2 aliphatic rings. The lowest BCUT2D eigenvalue weighted by atomic mass is 9.69. The van der Waals surface area contributed by atoms with Crippen LogP contribution in [0.15, 0.2) is 83.1 Å². The maximum absolute atomic E-state index is 13.5. The highest BCUT2D eigenvalue weighted by atomic mass is 16.3. The maximum Gasteiger partial charge on any atom is 0.251 e. The van der Waals surface area contributed by atoms with Gasteiger partial charge in [-0.15, -0.1) is 0 Å². The first-order valence-corrected chi connectivity index (χ1v) is 12.6. The lowest BCUT2D eigenvalue weighted by Crippen LogP contribution is -2.43. The molecule has 0 amide bonds. The fraction of sp³-hybridized carbons (Fsp3) is 0.323. The minimum atomic E-state index is -1.40. The highest BCUT2D eigenvalue weighted by molar-refractivity contribution is 5.82. The molecule has 0 spiro atoms. The van der Waals surface area contributed by atoms with Crippen molar-refractivity contribution in [1.29, 1.82) is 0 Å². The summed E-state index contributed by atoms with van der Waals surface area (Å²) in [5.74, 6) is -0.253. The molecule has 2 aromatic carbocycles. The molecule has 184 valence electrons. The van der Waals surface area contributed by atoms with Crippen LogP contribution in [-0.4, -0.2) is 54.3 Å². The molecule has 1 saturated heterocycles. The molecule has 3 atom stereocenters. The lowest BCUT2D eigenvalue weighted by Gasteiger charge is -2.39. The minimum Gasteiger partial charge on any atom is -0.383 e. The molecule has 5 nitrogen and oxygen atoms in total. The maximum atomic E-state index is 13.5. The predicted octanol–water partition coefficient (Wildman–Crippen LogP) is 4.13. The molecule has 0 radical (unpaired) electrons. The third-order valence-corrected chi connectivity index (χ3v) is 7.44. The predicted molar refractivity (Wildman–Crippen MR) is 145 cm³/mol. The van der Waals surface area contributed by atoms with E-state index in [0.29, 0.717) is 30.0 Å². The smallest absolute Gasteiger partial charge is 0.251 e. The van der Waals surface area contributed by atoms with E-state index < -0.39 is 11.5 Å². The van der Waals surface area contributed by atoms with Gasteiger partial charge in [-0.1, -0.05) is 66.1 Å². The van der Waals surface area contributed by atoms with Gasteiger partial charge in [0, 0.05) is 36.3 Å². The summed E-state index contributed by atoms with van der Waals surface area (Å²) in [5.41, 5.74) is 9.98. The Morgan fingerprint density at radius 1 is 1.14 bits per heavy atom. The van der Waals surface area contributed by atoms with Crippen molar-refractivity contribution in [2.24, 2.45) is 0 Å². The van der Waals surface area contributed by atoms with Crippen LogP contribution in [0.25, 0.3) is 11.6 Å². The van der Waals surface area contributed by atoms with Crippen LogP contribution in [0.4, 0.5) is 0 Å². The Hall–Kier alpha value is -3.43. The largest absolute Gasteiger partial charge is 0.383 e. The summed E-state index contributed by atoms with van der Waals surface area (Å²) in [7, 11) is 3.99. The quantitative estimate of drug-likeness (QED) is 0.425. The molecular weight excluding hydrogens is 446 g/mol. The van der Waals surface area contributed by atoms with E-state index in [9.17, 15) is 9.90 Å². The molecular formula is C31H33N3O2. The normalized spacial score (nSPS) is 19.1. The van der Waals surface area contributed by atoms with Crippen molar-refractivity contribution in [1.82, 2.24) is 15.2 Å². The zero-order valence-electron chi connectivity index (χ0n) is 20.9. The van der Waals surface area contributed by atoms with Gasteiger partial charge in [-0.25, -0.2) is 0 Å². The molecule has 1 aliphatic heterocycles. The van der Waals surface area contributed by atoms with Crippen LogP contribution in [0, 0.1) is 0 Å². The number of hydrogen-bond donors (Lipinski definition) is 3. The molecule has 3 N–H and O–H groups in total. The Balaban J connectivity index is 1.74. The van der Waals surface area contributed by atoms with E-state index in [1.807, 2.05) is 87.0 Å². The zero-order valence-corrected chi connectivity index (χ0v) is 20.9. The van der Waals surface area contributed by atoms with E-state index in [1.54, 1.807) is 0 Å². The van der Waals surface area contributed by atoms with Crippen LogP contribution in [0.5, 0.6) is 0 Å². The van der Waals surface area contributed by atoms with Crippen molar-refractivity contribution < 1.29 is 5.11 Å². The highest BCUT2D eigenvalue weighted by Gasteiger charge is 2.45. The molecule has 0 saturated carbocycles. The fourth-order valence-corrected chi connectivity index (χ4v) is 5.52. The highest BCUT2D eigenvalue weighted by Crippen LogP contribution is 2.46. The van der Waals surface area contributed by atoms with Crippen LogP contribution < -0.4 is 10.9 Å². The number of fused-ring (bicyclic) bond motifs is 1. The van der Waals surface area contributed by atoms with Crippen molar-refractivity contribution in [3.63, 3.8) is 0 Å². The van der Waals surface area contributed by atoms with Crippen LogP contribution in [0.2, 0.25) is 0 Å². The van der Waals surface area contributed by atoms with Crippen LogP contribution in [-0.2, 0) is 0 Å². The molecule has 36 heavy (non-hydrogen) atoms. The number of benzene rings is 2. The second-order valence-corrected chi connectivity index (χ2v) is 10.1. The average molecular weight is 480 g/mol. The number of rotatable bonds is 8. The van der Waals surface area contributed by atoms with Gasteiger partial charge in [-0.3, -0.25) is 4.79 Å². The lowest BCUT2D eigenvalue weighted by molar-refractivity contribution is 0.0664. The average Bonchev–Trinajstić information content (AvgIpc) is 3.44. The summed E-state index contributed by atoms with van der Waals surface area (Å²) in [6.45, 7) is 2.49. The first-order valence-electron chi connectivity index (χ1n) is 12.6. The van der Waals surface area contributed by atoms with Gasteiger partial charge in [0.15, 0.2) is 0 Å². The van der Waals surface area contributed by atoms with Gasteiger partial charge in [0.1, 0.15) is 5.60 Å². The number of nitrogens with one attached hydrogen (secondary N) is 2. The summed E-state index contributed by atoms with van der Waals surface area (Å²) < 4.78 is 0. The van der Waals surface area contributed by atoms with E-state index in [-0.39, 0.29) is 5.56 Å². The molecule has 5 rings (SSSR count). The van der Waals surface area contributed by atoms with Gasteiger partial charge in [0.2, 0.25) is 0 Å². The van der Waals surface area contributed by atoms with E-state index in [0.717, 1.165) is 41.8 Å². The summed E-state index contributed by atoms with van der Waals surface area (Å²) in [6.07, 6.45) is 5.18. The Kier molecular flexibility index (Phi) is 6.93. The van der Waals surface area contributed by atoms with E-state index in [1.165, 1.54) is 0 Å². The second kappa shape index (κ2) is 10.3. The molecule has 2 heterocycles. The zero-order chi connectivity index (χ0) is 25.1. The third kappa shape index (κ3) is 4.68. The third-order valence-electron chi connectivity index (χ3n) is 7.44. The standard InChI is InChI=1S/C31H33N3O2/c1-34(2)18-16-31(36,28-14-8-12-22-9-6-7-13-26(22)28)29(23-10-4-3-5-11-23)27-19-25(21-33-30(27)35)24-15-17-32-20-24/h3-7,9-13,19,21,24,29,32,36H,15-18,20H2,1-2H3,(H,33,35). The molecule has 3 unspecified atom stereocenters. The number of aromatic nitrogens is 1. The second-order valence-electron chi connectivity index (χ2n) is 10.1. The van der Waals surface area contributed by atoms with Crippen molar-refractivity contribution in [2.45, 2.75) is 30.3 Å². The SMILES string of the molecule is CN(C)CCC(O)(C1=C=C=Cc2ccccc21)C(c1ccccc1)c1cc(C2CCNC2)c[nH]c1=O. The van der Waals surface area contributed by atoms with Crippen molar-refractivity contribution in [3.8, 4) is 0 Å². The van der Waals surface area contributed by atoms with Gasteiger partial charge >= 0.3 is 0 Å². The van der Waals surface area contributed by atoms with Gasteiger partial charge in [-0.2, -0.15) is 0 Å². The Morgan fingerprint density at radius 2 is 1.92 bits per heavy atom. The summed E-state index contributed by atoms with van der Waals surface area (Å²) >= 11 is 0.